The van der Waals surface area contributed by atoms with Crippen molar-refractivity contribution in [3.63, 3.8) is 0 Å². The van der Waals surface area contributed by atoms with Crippen LogP contribution in [0.4, 0.5) is 26.3 Å². The van der Waals surface area contributed by atoms with Crippen molar-refractivity contribution in [1.29, 1.82) is 5.26 Å². The summed E-state index contributed by atoms with van der Waals surface area (Å²) in [4.78, 5) is 9.58. The third-order valence-electron chi connectivity index (χ3n) is 9.41. The van der Waals surface area contributed by atoms with Gasteiger partial charge >= 0.3 is 12.4 Å². The summed E-state index contributed by atoms with van der Waals surface area (Å²) < 4.78 is 88.9. The maximum Gasteiger partial charge on any atom is 0.416 e. The highest BCUT2D eigenvalue weighted by molar-refractivity contribution is 6.12. The average molecular weight is 704 g/mol. The zero-order chi connectivity index (χ0) is 36.9. The van der Waals surface area contributed by atoms with Crippen LogP contribution in [0.3, 0.4) is 0 Å². The summed E-state index contributed by atoms with van der Waals surface area (Å²) in [5, 5.41) is 12.9. The maximum atomic E-state index is 14.3. The van der Waals surface area contributed by atoms with Crippen LogP contribution < -0.4 is 0 Å². The first-order valence-corrected chi connectivity index (χ1v) is 16.3. The Morgan fingerprint density at radius 3 is 1.29 bits per heavy atom. The molecule has 3 aromatic heterocycles. The zero-order valence-corrected chi connectivity index (χ0v) is 28.2. The van der Waals surface area contributed by atoms with E-state index in [1.165, 1.54) is 12.1 Å². The Hall–Kier alpha value is -6.15. The van der Waals surface area contributed by atoms with Gasteiger partial charge in [-0.2, -0.15) is 31.6 Å². The minimum Gasteiger partial charge on any atom is -0.308 e. The molecule has 52 heavy (non-hydrogen) atoms. The number of fused-ring (bicyclic) bond motifs is 6. The lowest BCUT2D eigenvalue weighted by molar-refractivity contribution is -0.138. The van der Waals surface area contributed by atoms with Crippen LogP contribution in [0.5, 0.6) is 0 Å². The summed E-state index contributed by atoms with van der Waals surface area (Å²) in [5.74, 6) is 0.191. The highest BCUT2D eigenvalue weighted by atomic mass is 19.4. The van der Waals surface area contributed by atoms with Crippen LogP contribution in [0.1, 0.15) is 39.2 Å². The molecule has 0 saturated heterocycles. The minimum atomic E-state index is -4.65. The summed E-state index contributed by atoms with van der Waals surface area (Å²) in [6.45, 7) is 7.29. The molecule has 11 heteroatoms. The number of nitriles is 1. The molecule has 0 aliphatic carbocycles. The van der Waals surface area contributed by atoms with Gasteiger partial charge in [-0.1, -0.05) is 36.4 Å². The molecule has 0 saturated carbocycles. The molecule has 3 heterocycles. The summed E-state index contributed by atoms with van der Waals surface area (Å²) in [6, 6.07) is 25.3. The second-order valence-corrected chi connectivity index (χ2v) is 13.1. The van der Waals surface area contributed by atoms with Crippen LogP contribution in [0, 0.1) is 39.0 Å². The summed E-state index contributed by atoms with van der Waals surface area (Å²) in [7, 11) is 0. The average Bonchev–Trinajstić information content (AvgIpc) is 3.57. The number of hydrogen-bond acceptors (Lipinski definition) is 3. The van der Waals surface area contributed by atoms with E-state index in [9.17, 15) is 31.6 Å². The number of rotatable bonds is 3. The molecule has 8 rings (SSSR count). The molecule has 0 amide bonds. The lowest BCUT2D eigenvalue weighted by atomic mass is 10.0. The van der Waals surface area contributed by atoms with Crippen LogP contribution in [0.2, 0.25) is 0 Å². The van der Waals surface area contributed by atoms with Crippen molar-refractivity contribution in [1.82, 2.24) is 19.1 Å². The van der Waals surface area contributed by atoms with Crippen molar-refractivity contribution in [2.45, 2.75) is 40.0 Å². The SMILES string of the molecule is Cc1ccc2c3ccc(C(F)(F)F)cc3n(-c3cc(C#N)cc(-n4c5cc(C)ccc5c5ccc(C(F)(F)F)cc54)c3-c3nc(C)cc(C)n3)c2c1. The van der Waals surface area contributed by atoms with Gasteiger partial charge in [0.1, 0.15) is 0 Å². The molecule has 8 aromatic rings. The first-order chi connectivity index (χ1) is 24.6. The quantitative estimate of drug-likeness (QED) is 0.172. The highest BCUT2D eigenvalue weighted by Crippen LogP contribution is 2.44. The van der Waals surface area contributed by atoms with E-state index in [-0.39, 0.29) is 22.4 Å². The maximum absolute atomic E-state index is 14.3. The molecule has 0 N–H and O–H groups in total. The van der Waals surface area contributed by atoms with Gasteiger partial charge in [-0.25, -0.2) is 9.97 Å². The van der Waals surface area contributed by atoms with E-state index in [0.29, 0.717) is 60.9 Å². The predicted octanol–water partition coefficient (Wildman–Crippen LogP) is 11.5. The zero-order valence-electron chi connectivity index (χ0n) is 28.2. The Labute approximate surface area is 293 Å². The highest BCUT2D eigenvalue weighted by Gasteiger charge is 2.33. The summed E-state index contributed by atoms with van der Waals surface area (Å²) in [5.41, 5.74) is 3.75. The van der Waals surface area contributed by atoms with Gasteiger partial charge in [-0.05, 0) is 93.4 Å². The van der Waals surface area contributed by atoms with E-state index in [2.05, 4.69) is 6.07 Å². The Balaban J connectivity index is 1.63. The third-order valence-corrected chi connectivity index (χ3v) is 9.41. The van der Waals surface area contributed by atoms with Crippen molar-refractivity contribution in [2.75, 3.05) is 0 Å². The lowest BCUT2D eigenvalue weighted by Gasteiger charge is -2.21. The molecule has 0 spiro atoms. The van der Waals surface area contributed by atoms with Gasteiger partial charge in [0.05, 0.1) is 61.8 Å². The minimum absolute atomic E-state index is 0.127. The van der Waals surface area contributed by atoms with E-state index in [4.69, 9.17) is 9.97 Å². The second kappa shape index (κ2) is 11.4. The van der Waals surface area contributed by atoms with Crippen LogP contribution in [0.15, 0.2) is 91.0 Å². The Morgan fingerprint density at radius 2 is 0.904 bits per heavy atom. The molecular formula is C41H27F6N5. The van der Waals surface area contributed by atoms with Crippen molar-refractivity contribution in [2.24, 2.45) is 0 Å². The Morgan fingerprint density at radius 1 is 0.519 bits per heavy atom. The Bertz CT molecular complexity index is 2650. The van der Waals surface area contributed by atoms with Crippen molar-refractivity contribution in [3.8, 4) is 28.8 Å². The number of hydrogen-bond donors (Lipinski definition) is 0. The molecule has 258 valence electrons. The molecule has 0 aliphatic heterocycles. The van der Waals surface area contributed by atoms with E-state index < -0.39 is 23.5 Å². The molecule has 5 nitrogen and oxygen atoms in total. The van der Waals surface area contributed by atoms with Crippen LogP contribution in [0.25, 0.3) is 66.4 Å². The Kier molecular flexibility index (Phi) is 7.26. The standard InChI is InChI=1S/C41H27F6N5/c1-21-5-9-28-30-11-7-26(40(42,43)44)18-34(30)51(32(28)13-21)36-16-25(20-48)17-37(38(36)39-49-23(3)15-24(4)50-39)52-33-14-22(2)6-10-29(33)31-12-8-27(19-35(31)52)41(45,46)47/h5-19H,1-4H3. The fourth-order valence-electron chi connectivity index (χ4n) is 7.22. The molecular weight excluding hydrogens is 676 g/mol. The number of aromatic nitrogens is 4. The fraction of sp³-hybridized carbons (Fsp3) is 0.146. The first-order valence-electron chi connectivity index (χ1n) is 16.3. The second-order valence-electron chi connectivity index (χ2n) is 13.1. The molecule has 0 atom stereocenters. The van der Waals surface area contributed by atoms with Crippen molar-refractivity contribution in [3.05, 3.63) is 130 Å². The number of benzene rings is 5. The van der Waals surface area contributed by atoms with Gasteiger partial charge in [-0.15, -0.1) is 0 Å². The van der Waals surface area contributed by atoms with Crippen LogP contribution in [-0.4, -0.2) is 19.1 Å². The molecule has 5 aromatic carbocycles. The van der Waals surface area contributed by atoms with Gasteiger partial charge in [0, 0.05) is 32.9 Å². The van der Waals surface area contributed by atoms with E-state index in [1.807, 2.05) is 50.2 Å². The monoisotopic (exact) mass is 703 g/mol. The molecule has 0 bridgehead atoms. The third kappa shape index (κ3) is 5.25. The predicted molar refractivity (Wildman–Crippen MR) is 190 cm³/mol. The summed E-state index contributed by atoms with van der Waals surface area (Å²) >= 11 is 0. The first kappa shape index (κ1) is 33.0. The van der Waals surface area contributed by atoms with Gasteiger partial charge in [0.25, 0.3) is 0 Å². The largest absolute Gasteiger partial charge is 0.416 e. The molecule has 0 fully saturated rings. The smallest absolute Gasteiger partial charge is 0.308 e. The number of alkyl halides is 6. The number of nitrogens with zero attached hydrogens (tertiary/aromatic N) is 5. The van der Waals surface area contributed by atoms with Crippen molar-refractivity contribution >= 4 is 43.6 Å². The number of halogens is 6. The molecule has 0 radical (unpaired) electrons. The van der Waals surface area contributed by atoms with Crippen molar-refractivity contribution < 1.29 is 26.3 Å². The summed E-state index contributed by atoms with van der Waals surface area (Å²) in [6.07, 6.45) is -9.30. The van der Waals surface area contributed by atoms with Gasteiger partial charge in [0.2, 0.25) is 0 Å². The molecule has 0 aliphatic rings. The van der Waals surface area contributed by atoms with Crippen LogP contribution in [-0.2, 0) is 12.4 Å². The lowest BCUT2D eigenvalue weighted by Crippen LogP contribution is -2.09. The molecule has 0 unspecified atom stereocenters. The normalized spacial score (nSPS) is 12.4. The number of aryl methyl sites for hydroxylation is 4. The topological polar surface area (TPSA) is 59.4 Å². The van der Waals surface area contributed by atoms with Crippen LogP contribution >= 0.6 is 0 Å². The van der Waals surface area contributed by atoms with E-state index in [0.717, 1.165) is 35.4 Å². The van der Waals surface area contributed by atoms with Gasteiger partial charge in [-0.3, -0.25) is 0 Å². The van der Waals surface area contributed by atoms with E-state index >= 15 is 0 Å². The van der Waals surface area contributed by atoms with Gasteiger partial charge < -0.3 is 9.13 Å². The van der Waals surface area contributed by atoms with Gasteiger partial charge in [0.15, 0.2) is 5.82 Å². The fourth-order valence-corrected chi connectivity index (χ4v) is 7.22. The van der Waals surface area contributed by atoms with E-state index in [1.54, 1.807) is 41.2 Å².